The van der Waals surface area contributed by atoms with Crippen LogP contribution in [-0.2, 0) is 9.59 Å². The number of carbonyl (C=O) groups excluding carboxylic acids is 2. The van der Waals surface area contributed by atoms with Gasteiger partial charge in [0.2, 0.25) is 11.8 Å². The highest BCUT2D eigenvalue weighted by Crippen LogP contribution is 2.14. The van der Waals surface area contributed by atoms with Crippen LogP contribution in [0.2, 0.25) is 0 Å². The van der Waals surface area contributed by atoms with E-state index in [1.807, 2.05) is 18.7 Å². The predicted octanol–water partition coefficient (Wildman–Crippen LogP) is 0.498. The number of piperidine rings is 1. The lowest BCUT2D eigenvalue weighted by atomic mass is 9.98. The highest BCUT2D eigenvalue weighted by Gasteiger charge is 2.28. The van der Waals surface area contributed by atoms with E-state index in [-0.39, 0.29) is 48.6 Å². The number of piperazine rings is 1. The van der Waals surface area contributed by atoms with Gasteiger partial charge in [-0.1, -0.05) is 0 Å². The molecule has 23 heavy (non-hydrogen) atoms. The Labute approximate surface area is 151 Å². The van der Waals surface area contributed by atoms with Crippen LogP contribution in [-0.4, -0.2) is 73.5 Å². The summed E-state index contributed by atoms with van der Waals surface area (Å²) in [5, 5.41) is 6.20. The molecule has 2 aliphatic heterocycles. The third kappa shape index (κ3) is 7.25. The zero-order valence-electron chi connectivity index (χ0n) is 14.0. The van der Waals surface area contributed by atoms with Crippen molar-refractivity contribution in [3.63, 3.8) is 0 Å². The van der Waals surface area contributed by atoms with Crippen LogP contribution < -0.4 is 10.6 Å². The van der Waals surface area contributed by atoms with Gasteiger partial charge in [0.1, 0.15) is 0 Å². The van der Waals surface area contributed by atoms with Crippen molar-refractivity contribution in [3.8, 4) is 0 Å². The fourth-order valence-corrected chi connectivity index (χ4v) is 3.02. The molecule has 1 atom stereocenters. The first-order chi connectivity index (χ1) is 10.1. The fraction of sp³-hybridized carbons (Fsp3) is 0.867. The molecule has 6 nitrogen and oxygen atoms in total. The molecule has 2 amide bonds. The van der Waals surface area contributed by atoms with Crippen molar-refractivity contribution in [1.82, 2.24) is 20.4 Å². The lowest BCUT2D eigenvalue weighted by Crippen LogP contribution is -2.53. The van der Waals surface area contributed by atoms with Gasteiger partial charge in [-0.2, -0.15) is 0 Å². The Balaban J connectivity index is 0.00000242. The van der Waals surface area contributed by atoms with Gasteiger partial charge in [-0.25, -0.2) is 0 Å². The molecule has 2 rings (SSSR count). The van der Waals surface area contributed by atoms with Crippen LogP contribution in [0.25, 0.3) is 0 Å². The van der Waals surface area contributed by atoms with Crippen molar-refractivity contribution >= 4 is 36.6 Å². The molecule has 2 heterocycles. The van der Waals surface area contributed by atoms with Crippen LogP contribution in [0.15, 0.2) is 0 Å². The maximum absolute atomic E-state index is 12.4. The van der Waals surface area contributed by atoms with Gasteiger partial charge in [0.15, 0.2) is 0 Å². The monoisotopic (exact) mass is 368 g/mol. The van der Waals surface area contributed by atoms with Crippen LogP contribution in [0.5, 0.6) is 0 Å². The zero-order valence-corrected chi connectivity index (χ0v) is 15.7. The molecule has 0 aromatic heterocycles. The van der Waals surface area contributed by atoms with Crippen molar-refractivity contribution in [2.24, 2.45) is 5.92 Å². The van der Waals surface area contributed by atoms with Gasteiger partial charge in [-0.3, -0.25) is 14.5 Å². The van der Waals surface area contributed by atoms with Gasteiger partial charge in [-0.05, 0) is 33.2 Å². The molecule has 2 fully saturated rings. The SMILES string of the molecule is CC(C)NC(=O)CN1CCN(C(=O)C2CCCNC2)CC1.Cl.Cl. The highest BCUT2D eigenvalue weighted by atomic mass is 35.5. The summed E-state index contributed by atoms with van der Waals surface area (Å²) in [6.07, 6.45) is 2.09. The molecule has 136 valence electrons. The van der Waals surface area contributed by atoms with Crippen molar-refractivity contribution < 1.29 is 9.59 Å². The van der Waals surface area contributed by atoms with Crippen LogP contribution in [0.4, 0.5) is 0 Å². The Morgan fingerprint density at radius 2 is 1.83 bits per heavy atom. The molecule has 8 heteroatoms. The number of hydrogen-bond acceptors (Lipinski definition) is 4. The minimum Gasteiger partial charge on any atom is -0.353 e. The van der Waals surface area contributed by atoms with Crippen LogP contribution in [0.3, 0.4) is 0 Å². The van der Waals surface area contributed by atoms with E-state index in [2.05, 4.69) is 15.5 Å². The second-order valence-corrected chi connectivity index (χ2v) is 6.37. The highest BCUT2D eigenvalue weighted by molar-refractivity contribution is 5.85. The molecule has 0 radical (unpaired) electrons. The molecular weight excluding hydrogens is 339 g/mol. The number of rotatable bonds is 4. The standard InChI is InChI=1S/C15H28N4O2.2ClH/c1-12(2)17-14(20)11-18-6-8-19(9-7-18)15(21)13-4-3-5-16-10-13;;/h12-13,16H,3-11H2,1-2H3,(H,17,20);2*1H. The summed E-state index contributed by atoms with van der Waals surface area (Å²) in [7, 11) is 0. The van der Waals surface area contributed by atoms with Gasteiger partial charge in [0, 0.05) is 38.8 Å². The van der Waals surface area contributed by atoms with E-state index in [9.17, 15) is 9.59 Å². The van der Waals surface area contributed by atoms with E-state index in [1.54, 1.807) is 0 Å². The Morgan fingerprint density at radius 1 is 1.17 bits per heavy atom. The number of carbonyl (C=O) groups is 2. The molecule has 2 N–H and O–H groups in total. The smallest absolute Gasteiger partial charge is 0.234 e. The number of halogens is 2. The Morgan fingerprint density at radius 3 is 2.35 bits per heavy atom. The molecule has 0 spiro atoms. The lowest BCUT2D eigenvalue weighted by molar-refractivity contribution is -0.138. The van der Waals surface area contributed by atoms with Gasteiger partial charge < -0.3 is 15.5 Å². The maximum Gasteiger partial charge on any atom is 0.234 e. The van der Waals surface area contributed by atoms with Gasteiger partial charge in [-0.15, -0.1) is 24.8 Å². The summed E-state index contributed by atoms with van der Waals surface area (Å²) in [6, 6.07) is 0.180. The first-order valence-electron chi connectivity index (χ1n) is 8.07. The molecule has 0 bridgehead atoms. The molecule has 0 aromatic carbocycles. The van der Waals surface area contributed by atoms with Crippen LogP contribution in [0, 0.1) is 5.92 Å². The minimum absolute atomic E-state index is 0. The van der Waals surface area contributed by atoms with Crippen molar-refractivity contribution in [3.05, 3.63) is 0 Å². The van der Waals surface area contributed by atoms with Gasteiger partial charge in [0.25, 0.3) is 0 Å². The van der Waals surface area contributed by atoms with E-state index in [0.29, 0.717) is 6.54 Å². The summed E-state index contributed by atoms with van der Waals surface area (Å²) in [5.41, 5.74) is 0. The van der Waals surface area contributed by atoms with E-state index < -0.39 is 0 Å². The topological polar surface area (TPSA) is 64.7 Å². The third-order valence-corrected chi connectivity index (χ3v) is 4.15. The zero-order chi connectivity index (χ0) is 15.2. The molecule has 0 aromatic rings. The van der Waals surface area contributed by atoms with Gasteiger partial charge >= 0.3 is 0 Å². The molecule has 2 aliphatic rings. The molecule has 2 saturated heterocycles. The van der Waals surface area contributed by atoms with E-state index in [4.69, 9.17) is 0 Å². The van der Waals surface area contributed by atoms with Crippen molar-refractivity contribution in [2.45, 2.75) is 32.7 Å². The first-order valence-corrected chi connectivity index (χ1v) is 8.07. The first kappa shape index (κ1) is 22.4. The molecule has 0 saturated carbocycles. The maximum atomic E-state index is 12.4. The molecular formula is C15H30Cl2N4O2. The number of amides is 2. The van der Waals surface area contributed by atoms with Crippen LogP contribution >= 0.6 is 24.8 Å². The quantitative estimate of drug-likeness (QED) is 0.758. The Kier molecular flexibility index (Phi) is 10.8. The second-order valence-electron chi connectivity index (χ2n) is 6.37. The summed E-state index contributed by atoms with van der Waals surface area (Å²) in [5.74, 6) is 0.504. The van der Waals surface area contributed by atoms with Crippen LogP contribution in [0.1, 0.15) is 26.7 Å². The lowest BCUT2D eigenvalue weighted by Gasteiger charge is -2.37. The summed E-state index contributed by atoms with van der Waals surface area (Å²) in [6.45, 7) is 9.27. The van der Waals surface area contributed by atoms with E-state index in [0.717, 1.165) is 52.1 Å². The second kappa shape index (κ2) is 11.1. The van der Waals surface area contributed by atoms with E-state index >= 15 is 0 Å². The summed E-state index contributed by atoms with van der Waals surface area (Å²) in [4.78, 5) is 28.3. The predicted molar refractivity (Wildman–Crippen MR) is 96.4 cm³/mol. The number of hydrogen-bond donors (Lipinski definition) is 2. The third-order valence-electron chi connectivity index (χ3n) is 4.15. The Bertz CT molecular complexity index is 368. The van der Waals surface area contributed by atoms with E-state index in [1.165, 1.54) is 0 Å². The normalized spacial score (nSPS) is 22.0. The number of nitrogens with one attached hydrogen (secondary N) is 2. The summed E-state index contributed by atoms with van der Waals surface area (Å²) < 4.78 is 0. The molecule has 0 aliphatic carbocycles. The molecule has 1 unspecified atom stereocenters. The number of nitrogens with zero attached hydrogens (tertiary/aromatic N) is 2. The van der Waals surface area contributed by atoms with Gasteiger partial charge in [0.05, 0.1) is 12.5 Å². The largest absolute Gasteiger partial charge is 0.353 e. The minimum atomic E-state index is 0. The van der Waals surface area contributed by atoms with Crippen molar-refractivity contribution in [1.29, 1.82) is 0 Å². The fourth-order valence-electron chi connectivity index (χ4n) is 3.02. The average molecular weight is 369 g/mol. The van der Waals surface area contributed by atoms with Crippen molar-refractivity contribution in [2.75, 3.05) is 45.8 Å². The average Bonchev–Trinajstić information content (AvgIpc) is 2.47. The summed E-state index contributed by atoms with van der Waals surface area (Å²) >= 11 is 0. The Hall–Kier alpha value is -0.560.